The molecule has 2 aliphatic carbocycles. The predicted octanol–water partition coefficient (Wildman–Crippen LogP) is 3.93. The number of H-pyrrole nitrogens is 1. The summed E-state index contributed by atoms with van der Waals surface area (Å²) in [6, 6.07) is 6.10. The van der Waals surface area contributed by atoms with Crippen LogP contribution in [-0.4, -0.2) is 142 Å². The molecule has 11 rings (SSSR count). The zero-order valence-electron chi connectivity index (χ0n) is 52.0. The van der Waals surface area contributed by atoms with E-state index in [4.69, 9.17) is 4.74 Å². The lowest BCUT2D eigenvalue weighted by atomic mass is 9.82. The van der Waals surface area contributed by atoms with Gasteiger partial charge in [-0.25, -0.2) is 19.7 Å². The van der Waals surface area contributed by atoms with Gasteiger partial charge in [0.05, 0.1) is 41.1 Å². The van der Waals surface area contributed by atoms with Crippen LogP contribution in [-0.2, 0) is 73.9 Å². The second kappa shape index (κ2) is 24.3. The highest BCUT2D eigenvalue weighted by molar-refractivity contribution is 6.12. The first-order chi connectivity index (χ1) is 44.2. The first-order valence-electron chi connectivity index (χ1n) is 28.9. The van der Waals surface area contributed by atoms with E-state index in [2.05, 4.69) is 62.5 Å². The fourth-order valence-corrected chi connectivity index (χ4v) is 11.8. The molecule has 3 aliphatic rings. The molecule has 9 N–H and O–H groups in total. The first-order valence-corrected chi connectivity index (χ1v) is 28.9. The fourth-order valence-electron chi connectivity index (χ4n) is 11.8. The summed E-state index contributed by atoms with van der Waals surface area (Å²) in [5, 5.41) is 21.6. The summed E-state index contributed by atoms with van der Waals surface area (Å²) in [5.41, 5.74) is 4.21. The third-order valence-electron chi connectivity index (χ3n) is 16.2. The maximum atomic E-state index is 13.7. The molecule has 0 aromatic carbocycles. The Hall–Kier alpha value is -12.1. The number of rotatable bonds is 20. The summed E-state index contributed by atoms with van der Waals surface area (Å²) in [7, 11) is 12.6. The van der Waals surface area contributed by atoms with Crippen LogP contribution >= 0.6 is 0 Å². The molecule has 1 aliphatic heterocycles. The Kier molecular flexibility index (Phi) is 16.4. The molecule has 9 heterocycles. The molecule has 480 valence electrons. The number of anilines is 7. The third kappa shape index (κ3) is 12.2. The normalized spacial score (nSPS) is 15.2. The standard InChI is InChI=1S/C61H64N20O12/c1-30-48(60(92)93-10)49-50(63-30)41(83)20-42-61(49)21-32(61)22-81(42)47(85)14-13-37-16-33(23-74(37)3)65-55(87)39-18-35(25-76(39)5)67-57(89)51-71-44(28-79(51)8)69-46(84)12-11-15-62-54(86)38-17-34(24-75(38)4)66-56(88)40-19-36(26-77(40)6)68-58(90)52-72-45(29-80(52)9)73-59(91)53-70-43(27-78(53)7)64-31(2)82/h13-14,16-20,23-29,32,63H,11-12,15,21-22H2,1-10H3,(H,62,86)(H,64,82)(H,65,87)(H,66,88)(H,67,89)(H,68,90)(H,69,84)(H,73,91)/b14-13+/t32-,61+/m0/s1. The van der Waals surface area contributed by atoms with Crippen LogP contribution in [0.4, 0.5) is 40.2 Å². The molecular formula is C61H64N20O12. The number of carbonyl (C=O) groups excluding carboxylic acids is 11. The highest BCUT2D eigenvalue weighted by Crippen LogP contribution is 2.67. The van der Waals surface area contributed by atoms with Crippen molar-refractivity contribution < 1.29 is 57.5 Å². The topological polar surface area (TPSA) is 385 Å². The molecule has 8 aromatic heterocycles. The van der Waals surface area contributed by atoms with Crippen molar-refractivity contribution in [2.75, 3.05) is 57.4 Å². The average Bonchev–Trinajstić information content (AvgIpc) is 1.50. The van der Waals surface area contributed by atoms with Gasteiger partial charge in [0.25, 0.3) is 41.4 Å². The van der Waals surface area contributed by atoms with Crippen molar-refractivity contribution in [3.8, 4) is 0 Å². The van der Waals surface area contributed by atoms with E-state index >= 15 is 0 Å². The fraction of sp³-hybridized carbons (Fsp3) is 0.279. The quantitative estimate of drug-likeness (QED) is 0.0297. The first kappa shape index (κ1) is 62.5. The largest absolute Gasteiger partial charge is 0.465 e. The number of aryl methyl sites for hydroxylation is 8. The van der Waals surface area contributed by atoms with Gasteiger partial charge in [0.2, 0.25) is 35.1 Å². The van der Waals surface area contributed by atoms with Crippen LogP contribution in [0.5, 0.6) is 0 Å². The minimum absolute atomic E-state index is 0.0110. The van der Waals surface area contributed by atoms with Crippen LogP contribution in [0.2, 0.25) is 0 Å². The van der Waals surface area contributed by atoms with Gasteiger partial charge in [0.15, 0.2) is 17.5 Å². The Bertz CT molecular complexity index is 4580. The van der Waals surface area contributed by atoms with Gasteiger partial charge >= 0.3 is 5.97 Å². The van der Waals surface area contributed by atoms with E-state index < -0.39 is 52.7 Å². The molecule has 8 aromatic rings. The van der Waals surface area contributed by atoms with Gasteiger partial charge in [-0.3, -0.25) is 47.9 Å². The van der Waals surface area contributed by atoms with E-state index in [1.165, 1.54) is 96.6 Å². The predicted molar refractivity (Wildman–Crippen MR) is 335 cm³/mol. The molecular weight excluding hydrogens is 1200 g/mol. The maximum Gasteiger partial charge on any atom is 0.340 e. The van der Waals surface area contributed by atoms with Crippen molar-refractivity contribution >= 4 is 111 Å². The number of imidazole rings is 3. The van der Waals surface area contributed by atoms with Gasteiger partial charge in [-0.15, -0.1) is 0 Å². The van der Waals surface area contributed by atoms with Crippen LogP contribution in [0.3, 0.4) is 0 Å². The molecule has 1 spiro atoms. The van der Waals surface area contributed by atoms with Crippen molar-refractivity contribution in [2.24, 2.45) is 55.3 Å². The number of methoxy groups -OCH3 is 1. The number of likely N-dealkylation sites (tertiary alicyclic amines) is 1. The zero-order chi connectivity index (χ0) is 66.6. The van der Waals surface area contributed by atoms with Crippen molar-refractivity contribution in [2.45, 2.75) is 38.5 Å². The van der Waals surface area contributed by atoms with Crippen LogP contribution in [0.1, 0.15) is 127 Å². The number of ketones is 1. The van der Waals surface area contributed by atoms with E-state index in [0.717, 1.165) is 0 Å². The van der Waals surface area contributed by atoms with E-state index in [9.17, 15) is 52.7 Å². The van der Waals surface area contributed by atoms with Gasteiger partial charge in [0.1, 0.15) is 17.1 Å². The molecule has 1 saturated carbocycles. The molecule has 0 bridgehead atoms. The summed E-state index contributed by atoms with van der Waals surface area (Å²) < 4.78 is 15.6. The van der Waals surface area contributed by atoms with Crippen LogP contribution in [0, 0.1) is 12.8 Å². The summed E-state index contributed by atoms with van der Waals surface area (Å²) in [6.45, 7) is 3.52. The summed E-state index contributed by atoms with van der Waals surface area (Å²) in [4.78, 5) is 162. The number of ether oxygens (including phenoxy) is 1. The summed E-state index contributed by atoms with van der Waals surface area (Å²) >= 11 is 0. The zero-order valence-corrected chi connectivity index (χ0v) is 52.0. The second-order valence-electron chi connectivity index (χ2n) is 22.9. The number of hydrogen-bond donors (Lipinski definition) is 9. The Balaban J connectivity index is 0.612. The SMILES string of the molecule is COC(=O)c1c(C)[nH]c2c1[C@]13C[C@H]1CN(C(=O)/C=C/c1cc(NC(=O)c4cc(NC(=O)c5nc(NC(=O)CCCNC(=O)c6cc(NC(=O)c7cc(NC(=O)c8nc(NC(=O)c9nc(NC(C)=O)cn9C)cn8C)cn7C)cn6C)cn5C)cn4C)cn1C)C3=CC2=O. The van der Waals surface area contributed by atoms with Crippen LogP contribution in [0.15, 0.2) is 85.5 Å². The Morgan fingerprint density at radius 1 is 0.602 bits per heavy atom. The van der Waals surface area contributed by atoms with E-state index in [1.54, 1.807) is 96.5 Å². The number of esters is 1. The number of aromatic amines is 1. The van der Waals surface area contributed by atoms with Crippen molar-refractivity contribution in [1.82, 2.24) is 62.1 Å². The number of piperidine rings is 1. The van der Waals surface area contributed by atoms with E-state index in [0.29, 0.717) is 58.2 Å². The van der Waals surface area contributed by atoms with Crippen molar-refractivity contribution in [1.29, 1.82) is 0 Å². The van der Waals surface area contributed by atoms with E-state index in [-0.39, 0.29) is 106 Å². The molecule has 32 nitrogen and oxygen atoms in total. The van der Waals surface area contributed by atoms with Gasteiger partial charge in [-0.1, -0.05) is 0 Å². The van der Waals surface area contributed by atoms with Crippen LogP contribution in [0.25, 0.3) is 6.08 Å². The van der Waals surface area contributed by atoms with Gasteiger partial charge in [-0.2, -0.15) is 0 Å². The lowest BCUT2D eigenvalue weighted by Crippen LogP contribution is -2.33. The number of nitrogens with one attached hydrogen (secondary N) is 9. The summed E-state index contributed by atoms with van der Waals surface area (Å²) in [5.74, 6) is -5.12. The molecule has 1 saturated heterocycles. The van der Waals surface area contributed by atoms with Crippen LogP contribution < -0.4 is 42.5 Å². The molecule has 0 unspecified atom stereocenters. The monoisotopic (exact) mass is 1270 g/mol. The molecule has 2 atom stereocenters. The molecule has 93 heavy (non-hydrogen) atoms. The number of amides is 9. The molecule has 2 fully saturated rings. The van der Waals surface area contributed by atoms with Crippen molar-refractivity contribution in [3.63, 3.8) is 0 Å². The van der Waals surface area contributed by atoms with Gasteiger partial charge < -0.3 is 89.1 Å². The minimum atomic E-state index is -0.637. The third-order valence-corrected chi connectivity index (χ3v) is 16.2. The number of carbonyl (C=O) groups is 11. The Morgan fingerprint density at radius 2 is 1.08 bits per heavy atom. The molecule has 9 amide bonds. The number of allylic oxidation sites excluding steroid dienone is 2. The highest BCUT2D eigenvalue weighted by Gasteiger charge is 2.69. The second-order valence-corrected chi connectivity index (χ2v) is 22.9. The lowest BCUT2D eigenvalue weighted by molar-refractivity contribution is -0.124. The van der Waals surface area contributed by atoms with Crippen molar-refractivity contribution in [3.05, 3.63) is 148 Å². The van der Waals surface area contributed by atoms with Gasteiger partial charge in [0, 0.05) is 159 Å². The number of fused-ring (bicyclic) bond motifs is 1. The van der Waals surface area contributed by atoms with Gasteiger partial charge in [-0.05, 0) is 56.0 Å². The number of hydrogen-bond acceptors (Lipinski definition) is 15. The Morgan fingerprint density at radius 3 is 1.60 bits per heavy atom. The van der Waals surface area contributed by atoms with E-state index in [1.807, 2.05) is 0 Å². The summed E-state index contributed by atoms with van der Waals surface area (Å²) in [6.07, 6.45) is 16.1. The smallest absolute Gasteiger partial charge is 0.340 e. The maximum absolute atomic E-state index is 13.7. The Labute approximate surface area is 528 Å². The highest BCUT2D eigenvalue weighted by atomic mass is 16.5. The average molecular weight is 1270 g/mol. The number of nitrogens with zero attached hydrogens (tertiary/aromatic N) is 11. The molecule has 0 radical (unpaired) electrons. The minimum Gasteiger partial charge on any atom is -0.465 e. The number of aromatic nitrogens is 11. The lowest BCUT2D eigenvalue weighted by Gasteiger charge is -2.27. The molecule has 32 heteroatoms.